The van der Waals surface area contributed by atoms with Crippen molar-refractivity contribution in [3.63, 3.8) is 0 Å². The Morgan fingerprint density at radius 1 is 1.50 bits per heavy atom. The van der Waals surface area contributed by atoms with Crippen LogP contribution in [0.25, 0.3) is 0 Å². The Labute approximate surface area is 76.7 Å². The average Bonchev–Trinajstić information content (AvgIpc) is 2.12. The van der Waals surface area contributed by atoms with Crippen molar-refractivity contribution in [3.8, 4) is 5.88 Å². The fraction of sp³-hybridized carbons (Fsp3) is 0.250. The molecule has 0 aromatic carbocycles. The van der Waals surface area contributed by atoms with Crippen molar-refractivity contribution in [2.75, 3.05) is 0 Å². The molecule has 0 aliphatic rings. The SMILES string of the molecule is ClC(Cl)(Cl)Oc1cscn1. The molecule has 0 unspecified atom stereocenters. The number of hydrogen-bond acceptors (Lipinski definition) is 3. The first kappa shape index (κ1) is 8.40. The minimum atomic E-state index is -1.71. The first-order valence-corrected chi connectivity index (χ1v) is 4.29. The third kappa shape index (κ3) is 2.92. The van der Waals surface area contributed by atoms with Crippen LogP contribution in [0.2, 0.25) is 0 Å². The molecule has 56 valence electrons. The summed E-state index contributed by atoms with van der Waals surface area (Å²) in [7, 11) is 0. The zero-order chi connectivity index (χ0) is 7.61. The normalized spacial score (nSPS) is 11.5. The smallest absolute Gasteiger partial charge is 0.339 e. The van der Waals surface area contributed by atoms with Gasteiger partial charge in [0.05, 0.1) is 10.9 Å². The van der Waals surface area contributed by atoms with Gasteiger partial charge >= 0.3 is 3.98 Å². The van der Waals surface area contributed by atoms with Gasteiger partial charge in [0.25, 0.3) is 0 Å². The Hall–Kier alpha value is 0.300. The van der Waals surface area contributed by atoms with Crippen LogP contribution in [0, 0.1) is 0 Å². The van der Waals surface area contributed by atoms with Crippen LogP contribution in [0.1, 0.15) is 0 Å². The second-order valence-electron chi connectivity index (χ2n) is 1.37. The van der Waals surface area contributed by atoms with E-state index in [1.165, 1.54) is 11.3 Å². The van der Waals surface area contributed by atoms with Gasteiger partial charge in [-0.15, -0.1) is 11.3 Å². The van der Waals surface area contributed by atoms with E-state index in [0.29, 0.717) is 5.88 Å². The largest absolute Gasteiger partial charge is 0.427 e. The van der Waals surface area contributed by atoms with Crippen LogP contribution in [-0.2, 0) is 0 Å². The van der Waals surface area contributed by atoms with Crippen LogP contribution in [0.4, 0.5) is 0 Å². The van der Waals surface area contributed by atoms with Crippen molar-refractivity contribution in [2.45, 2.75) is 3.98 Å². The lowest BCUT2D eigenvalue weighted by atomic mass is 10.9. The maximum Gasteiger partial charge on any atom is 0.339 e. The number of alkyl halides is 3. The molecule has 0 bridgehead atoms. The molecular weight excluding hydrogens is 216 g/mol. The Bertz CT molecular complexity index is 195. The van der Waals surface area contributed by atoms with E-state index in [1.807, 2.05) is 0 Å². The molecule has 0 fully saturated rings. The Morgan fingerprint density at radius 3 is 2.60 bits per heavy atom. The highest BCUT2D eigenvalue weighted by molar-refractivity contribution is 7.07. The molecule has 1 heterocycles. The van der Waals surface area contributed by atoms with Crippen molar-refractivity contribution in [1.82, 2.24) is 4.98 Å². The van der Waals surface area contributed by atoms with Gasteiger partial charge in [-0.3, -0.25) is 0 Å². The fourth-order valence-electron chi connectivity index (χ4n) is 0.370. The number of thiazole rings is 1. The molecule has 1 aromatic heterocycles. The molecule has 2 nitrogen and oxygen atoms in total. The number of rotatable bonds is 1. The molecule has 0 N–H and O–H groups in total. The van der Waals surface area contributed by atoms with Crippen LogP contribution >= 0.6 is 46.1 Å². The van der Waals surface area contributed by atoms with Crippen molar-refractivity contribution in [1.29, 1.82) is 0 Å². The maximum absolute atomic E-state index is 5.30. The first-order valence-electron chi connectivity index (χ1n) is 2.22. The molecule has 0 aliphatic carbocycles. The van der Waals surface area contributed by atoms with Gasteiger partial charge in [0.2, 0.25) is 5.88 Å². The predicted octanol–water partition coefficient (Wildman–Crippen LogP) is 2.85. The van der Waals surface area contributed by atoms with E-state index in [1.54, 1.807) is 10.9 Å². The van der Waals surface area contributed by atoms with Gasteiger partial charge in [-0.2, -0.15) is 0 Å². The van der Waals surface area contributed by atoms with E-state index in [9.17, 15) is 0 Å². The zero-order valence-corrected chi connectivity index (χ0v) is 7.64. The highest BCUT2D eigenvalue weighted by Crippen LogP contribution is 2.29. The summed E-state index contributed by atoms with van der Waals surface area (Å²) in [6, 6.07) is 0. The predicted molar refractivity (Wildman–Crippen MR) is 43.0 cm³/mol. The number of nitrogens with zero attached hydrogens (tertiary/aromatic N) is 1. The van der Waals surface area contributed by atoms with Gasteiger partial charge in [0, 0.05) is 0 Å². The zero-order valence-electron chi connectivity index (χ0n) is 4.55. The summed E-state index contributed by atoms with van der Waals surface area (Å²) in [5.41, 5.74) is 1.59. The van der Waals surface area contributed by atoms with Gasteiger partial charge in [-0.25, -0.2) is 4.98 Å². The lowest BCUT2D eigenvalue weighted by Crippen LogP contribution is -2.12. The van der Waals surface area contributed by atoms with Crippen molar-refractivity contribution in [2.24, 2.45) is 0 Å². The van der Waals surface area contributed by atoms with Crippen LogP contribution < -0.4 is 4.74 Å². The van der Waals surface area contributed by atoms with E-state index in [4.69, 9.17) is 39.5 Å². The molecule has 1 aromatic rings. The summed E-state index contributed by atoms with van der Waals surface area (Å²) in [5.74, 6) is 0.324. The van der Waals surface area contributed by atoms with E-state index < -0.39 is 3.98 Å². The maximum atomic E-state index is 5.30. The molecule has 6 heteroatoms. The fourth-order valence-corrected chi connectivity index (χ4v) is 1.06. The summed E-state index contributed by atoms with van der Waals surface area (Å²) in [6.07, 6.45) is 0. The van der Waals surface area contributed by atoms with E-state index in [2.05, 4.69) is 4.98 Å². The molecule has 0 saturated heterocycles. The van der Waals surface area contributed by atoms with Crippen LogP contribution in [-0.4, -0.2) is 8.96 Å². The molecule has 0 atom stereocenters. The minimum Gasteiger partial charge on any atom is -0.427 e. The summed E-state index contributed by atoms with van der Waals surface area (Å²) >= 11 is 17.3. The summed E-state index contributed by atoms with van der Waals surface area (Å²) < 4.78 is 3.02. The standard InChI is InChI=1S/C4H2Cl3NOS/c5-4(6,7)9-3-1-10-2-8-3/h1-2H. The van der Waals surface area contributed by atoms with E-state index >= 15 is 0 Å². The minimum absolute atomic E-state index is 0.324. The summed E-state index contributed by atoms with van der Waals surface area (Å²) in [4.78, 5) is 3.74. The topological polar surface area (TPSA) is 22.1 Å². The molecule has 0 radical (unpaired) electrons. The number of hydrogen-bond donors (Lipinski definition) is 0. The lowest BCUT2D eigenvalue weighted by molar-refractivity contribution is 0.309. The van der Waals surface area contributed by atoms with Gasteiger partial charge < -0.3 is 4.74 Å². The Kier molecular flexibility index (Phi) is 2.63. The van der Waals surface area contributed by atoms with Gasteiger partial charge in [-0.05, 0) is 34.8 Å². The van der Waals surface area contributed by atoms with Crippen LogP contribution in [0.3, 0.4) is 0 Å². The average molecular weight is 218 g/mol. The van der Waals surface area contributed by atoms with Crippen molar-refractivity contribution < 1.29 is 4.74 Å². The molecule has 0 aliphatic heterocycles. The van der Waals surface area contributed by atoms with Gasteiger partial charge in [0.1, 0.15) is 0 Å². The molecule has 0 amide bonds. The Balaban J connectivity index is 2.57. The number of aromatic nitrogens is 1. The second-order valence-corrected chi connectivity index (χ2v) is 4.27. The van der Waals surface area contributed by atoms with Crippen LogP contribution in [0.15, 0.2) is 10.9 Å². The third-order valence-electron chi connectivity index (χ3n) is 0.630. The first-order chi connectivity index (χ1) is 4.58. The van der Waals surface area contributed by atoms with E-state index in [-0.39, 0.29) is 0 Å². The highest BCUT2D eigenvalue weighted by Gasteiger charge is 2.22. The second kappa shape index (κ2) is 3.13. The number of halogens is 3. The number of ether oxygens (including phenoxy) is 1. The molecular formula is C4H2Cl3NOS. The molecule has 0 saturated carbocycles. The Morgan fingerprint density at radius 2 is 2.20 bits per heavy atom. The quantitative estimate of drug-likeness (QED) is 0.676. The third-order valence-corrected chi connectivity index (χ3v) is 1.43. The van der Waals surface area contributed by atoms with Crippen molar-refractivity contribution >= 4 is 46.1 Å². The molecule has 1 rings (SSSR count). The van der Waals surface area contributed by atoms with Crippen LogP contribution in [0.5, 0.6) is 5.88 Å². The molecule has 10 heavy (non-hydrogen) atoms. The summed E-state index contributed by atoms with van der Waals surface area (Å²) in [5, 5.41) is 1.64. The lowest BCUT2D eigenvalue weighted by Gasteiger charge is -2.09. The van der Waals surface area contributed by atoms with Gasteiger partial charge in [-0.1, -0.05) is 0 Å². The van der Waals surface area contributed by atoms with Crippen molar-refractivity contribution in [3.05, 3.63) is 10.9 Å². The highest BCUT2D eigenvalue weighted by atomic mass is 35.6. The monoisotopic (exact) mass is 217 g/mol. The summed E-state index contributed by atoms with van der Waals surface area (Å²) in [6.45, 7) is 0. The van der Waals surface area contributed by atoms with E-state index in [0.717, 1.165) is 0 Å². The van der Waals surface area contributed by atoms with Gasteiger partial charge in [0.15, 0.2) is 0 Å². The molecule has 0 spiro atoms.